The van der Waals surface area contributed by atoms with Crippen LogP contribution in [0.2, 0.25) is 0 Å². The van der Waals surface area contributed by atoms with Crippen LogP contribution in [0.4, 0.5) is 0 Å². The maximum absolute atomic E-state index is 11.7. The van der Waals surface area contributed by atoms with Crippen LogP contribution in [0.3, 0.4) is 0 Å². The smallest absolute Gasteiger partial charge is 0.216 e. The van der Waals surface area contributed by atoms with E-state index in [0.29, 0.717) is 19.7 Å². The van der Waals surface area contributed by atoms with Crippen molar-refractivity contribution in [2.75, 3.05) is 52.2 Å². The number of ether oxygens (including phenoxy) is 2. The van der Waals surface area contributed by atoms with Gasteiger partial charge < -0.3 is 9.47 Å². The Morgan fingerprint density at radius 3 is 2.20 bits per heavy atom. The first-order chi connectivity index (χ1) is 7.08. The van der Waals surface area contributed by atoms with Gasteiger partial charge in [-0.3, -0.25) is 0 Å². The number of rotatable bonds is 9. The minimum Gasteiger partial charge on any atom is -0.384 e. The molecule has 0 fully saturated rings. The molecule has 0 unspecified atom stereocenters. The third kappa shape index (κ3) is 6.32. The van der Waals surface area contributed by atoms with Gasteiger partial charge in [0.1, 0.15) is 0 Å². The summed E-state index contributed by atoms with van der Waals surface area (Å²) in [6.07, 6.45) is 0. The zero-order valence-electron chi connectivity index (χ0n) is 9.11. The van der Waals surface area contributed by atoms with Crippen LogP contribution >= 0.6 is 11.6 Å². The van der Waals surface area contributed by atoms with Gasteiger partial charge in [0.15, 0.2) is 0 Å². The van der Waals surface area contributed by atoms with Crippen molar-refractivity contribution in [3.63, 3.8) is 0 Å². The van der Waals surface area contributed by atoms with Gasteiger partial charge in [-0.25, -0.2) is 8.42 Å². The second kappa shape index (κ2) is 8.29. The highest BCUT2D eigenvalue weighted by molar-refractivity contribution is 7.89. The molecule has 0 aliphatic carbocycles. The van der Waals surface area contributed by atoms with Gasteiger partial charge in [0.05, 0.1) is 19.0 Å². The van der Waals surface area contributed by atoms with E-state index < -0.39 is 10.0 Å². The molecule has 0 N–H and O–H groups in total. The second-order valence-electron chi connectivity index (χ2n) is 2.89. The van der Waals surface area contributed by atoms with E-state index in [4.69, 9.17) is 21.1 Å². The summed E-state index contributed by atoms with van der Waals surface area (Å²) in [5.41, 5.74) is 0. The lowest BCUT2D eigenvalue weighted by Gasteiger charge is -2.20. The molecule has 0 aliphatic rings. The zero-order valence-corrected chi connectivity index (χ0v) is 10.7. The lowest BCUT2D eigenvalue weighted by atomic mass is 10.6. The Morgan fingerprint density at radius 1 is 1.13 bits per heavy atom. The fourth-order valence-corrected chi connectivity index (χ4v) is 2.66. The summed E-state index contributed by atoms with van der Waals surface area (Å²) in [5, 5.41) is 0. The Morgan fingerprint density at radius 2 is 1.73 bits per heavy atom. The van der Waals surface area contributed by atoms with Crippen molar-refractivity contribution in [3.05, 3.63) is 0 Å². The Balaban J connectivity index is 4.30. The van der Waals surface area contributed by atoms with Crippen molar-refractivity contribution >= 4 is 21.6 Å². The fraction of sp³-hybridized carbons (Fsp3) is 1.00. The highest BCUT2D eigenvalue weighted by Crippen LogP contribution is 2.02. The molecule has 0 atom stereocenters. The molecule has 5 nitrogen and oxygen atoms in total. The number of halogens is 1. The van der Waals surface area contributed by atoms with Crippen LogP contribution in [0.25, 0.3) is 0 Å². The largest absolute Gasteiger partial charge is 0.384 e. The van der Waals surface area contributed by atoms with Crippen LogP contribution in [-0.4, -0.2) is 64.9 Å². The van der Waals surface area contributed by atoms with Crippen LogP contribution in [0.5, 0.6) is 0 Å². The molecular weight excluding hydrogens is 242 g/mol. The van der Waals surface area contributed by atoms with E-state index in [1.54, 1.807) is 0 Å². The minimum atomic E-state index is -3.28. The quantitative estimate of drug-likeness (QED) is 0.553. The van der Waals surface area contributed by atoms with Crippen molar-refractivity contribution in [2.45, 2.75) is 0 Å². The first kappa shape index (κ1) is 15.1. The van der Waals surface area contributed by atoms with Crippen LogP contribution in [0, 0.1) is 0 Å². The predicted octanol–water partition coefficient (Wildman–Crippen LogP) is 0.150. The van der Waals surface area contributed by atoms with Crippen LogP contribution in [0.15, 0.2) is 0 Å². The van der Waals surface area contributed by atoms with E-state index in [9.17, 15) is 8.42 Å². The van der Waals surface area contributed by atoms with Crippen molar-refractivity contribution in [1.29, 1.82) is 0 Å². The number of alkyl halides is 1. The molecular formula is C8H18ClNO4S. The lowest BCUT2D eigenvalue weighted by molar-refractivity contribution is 0.179. The number of hydrogen-bond acceptors (Lipinski definition) is 4. The normalized spacial score (nSPS) is 12.3. The van der Waals surface area contributed by atoms with Gasteiger partial charge >= 0.3 is 0 Å². The molecule has 0 amide bonds. The van der Waals surface area contributed by atoms with E-state index in [1.165, 1.54) is 18.5 Å². The molecule has 0 spiro atoms. The minimum absolute atomic E-state index is 0.0237. The summed E-state index contributed by atoms with van der Waals surface area (Å²) >= 11 is 5.54. The SMILES string of the molecule is COCCN(CCCl)S(=O)(=O)CCOC. The molecule has 0 aromatic rings. The van der Waals surface area contributed by atoms with E-state index in [2.05, 4.69) is 0 Å². The summed E-state index contributed by atoms with van der Waals surface area (Å²) < 4.78 is 34.3. The molecule has 0 aromatic carbocycles. The molecule has 0 saturated heterocycles. The van der Waals surface area contributed by atoms with Gasteiger partial charge in [0.25, 0.3) is 0 Å². The predicted molar refractivity (Wildman–Crippen MR) is 59.8 cm³/mol. The summed E-state index contributed by atoms with van der Waals surface area (Å²) in [6.45, 7) is 1.18. The Labute approximate surface area is 96.3 Å². The topological polar surface area (TPSA) is 55.8 Å². The molecule has 0 heterocycles. The molecule has 15 heavy (non-hydrogen) atoms. The molecule has 0 rings (SSSR count). The highest BCUT2D eigenvalue weighted by atomic mass is 35.5. The first-order valence-electron chi connectivity index (χ1n) is 4.60. The second-order valence-corrected chi connectivity index (χ2v) is 5.36. The van der Waals surface area contributed by atoms with E-state index in [1.807, 2.05) is 0 Å². The number of sulfonamides is 1. The number of nitrogens with zero attached hydrogens (tertiary/aromatic N) is 1. The van der Waals surface area contributed by atoms with Crippen LogP contribution in [-0.2, 0) is 19.5 Å². The standard InChI is InChI=1S/C8H18ClNO4S/c1-13-6-5-10(4-3-9)15(11,12)8-7-14-2/h3-8H2,1-2H3. The van der Waals surface area contributed by atoms with Gasteiger partial charge in [0, 0.05) is 33.2 Å². The molecule has 0 bridgehead atoms. The lowest BCUT2D eigenvalue weighted by Crippen LogP contribution is -2.38. The van der Waals surface area contributed by atoms with Crippen molar-refractivity contribution in [1.82, 2.24) is 4.31 Å². The first-order valence-corrected chi connectivity index (χ1v) is 6.74. The van der Waals surface area contributed by atoms with E-state index >= 15 is 0 Å². The van der Waals surface area contributed by atoms with E-state index in [0.717, 1.165) is 0 Å². The monoisotopic (exact) mass is 259 g/mol. The third-order valence-electron chi connectivity index (χ3n) is 1.82. The molecule has 0 aliphatic heterocycles. The highest BCUT2D eigenvalue weighted by Gasteiger charge is 2.20. The molecule has 7 heteroatoms. The van der Waals surface area contributed by atoms with E-state index in [-0.39, 0.29) is 18.2 Å². The van der Waals surface area contributed by atoms with Gasteiger partial charge in [-0.05, 0) is 0 Å². The molecule has 0 aromatic heterocycles. The molecule has 0 radical (unpaired) electrons. The fourth-order valence-electron chi connectivity index (χ4n) is 0.995. The zero-order chi connectivity index (χ0) is 11.7. The third-order valence-corrected chi connectivity index (χ3v) is 3.82. The van der Waals surface area contributed by atoms with Gasteiger partial charge in [0.2, 0.25) is 10.0 Å². The maximum atomic E-state index is 11.7. The maximum Gasteiger partial charge on any atom is 0.216 e. The summed E-state index contributed by atoms with van der Waals surface area (Å²) in [7, 11) is -0.278. The van der Waals surface area contributed by atoms with Gasteiger partial charge in [-0.1, -0.05) is 0 Å². The number of hydrogen-bond donors (Lipinski definition) is 0. The average Bonchev–Trinajstić information content (AvgIpc) is 2.21. The Hall–Kier alpha value is 0.120. The van der Waals surface area contributed by atoms with Crippen LogP contribution in [0.1, 0.15) is 0 Å². The van der Waals surface area contributed by atoms with Crippen molar-refractivity contribution in [2.24, 2.45) is 0 Å². The Bertz CT molecular complexity index is 245. The summed E-state index contributed by atoms with van der Waals surface area (Å²) in [6, 6.07) is 0. The Kier molecular flexibility index (Phi) is 8.36. The van der Waals surface area contributed by atoms with Crippen molar-refractivity contribution < 1.29 is 17.9 Å². The summed E-state index contributed by atoms with van der Waals surface area (Å²) in [4.78, 5) is 0. The number of methoxy groups -OCH3 is 2. The molecule has 92 valence electrons. The average molecular weight is 260 g/mol. The van der Waals surface area contributed by atoms with Gasteiger partial charge in [-0.15, -0.1) is 11.6 Å². The summed E-state index contributed by atoms with van der Waals surface area (Å²) in [5.74, 6) is 0.250. The van der Waals surface area contributed by atoms with Gasteiger partial charge in [-0.2, -0.15) is 4.31 Å². The van der Waals surface area contributed by atoms with Crippen molar-refractivity contribution in [3.8, 4) is 0 Å². The van der Waals surface area contributed by atoms with Crippen LogP contribution < -0.4 is 0 Å². The molecule has 0 saturated carbocycles.